The summed E-state index contributed by atoms with van der Waals surface area (Å²) in [5, 5.41) is 2.68. The molecule has 2 aromatic carbocycles. The van der Waals surface area contributed by atoms with Crippen LogP contribution >= 0.6 is 23.4 Å². The van der Waals surface area contributed by atoms with Gasteiger partial charge in [-0.1, -0.05) is 47.6 Å². The molecule has 1 N–H and O–H groups in total. The van der Waals surface area contributed by atoms with Crippen LogP contribution in [0, 0.1) is 0 Å². The fraction of sp³-hybridized carbons (Fsp3) is 0.133. The maximum atomic E-state index is 12.6. The number of carbonyl (C=O) groups excluding carboxylic acids is 1. The topological polar surface area (TPSA) is 38.3 Å². The second kappa shape index (κ2) is 8.00. The lowest BCUT2D eigenvalue weighted by Gasteiger charge is -2.12. The molecule has 0 aliphatic rings. The van der Waals surface area contributed by atoms with Crippen LogP contribution in [0.25, 0.3) is 0 Å². The highest BCUT2D eigenvalue weighted by molar-refractivity contribution is 7.99. The van der Waals surface area contributed by atoms with E-state index < -0.39 is 11.7 Å². The van der Waals surface area contributed by atoms with Gasteiger partial charge in [0.2, 0.25) is 0 Å². The van der Waals surface area contributed by atoms with Gasteiger partial charge in [-0.15, -0.1) is 0 Å². The molecule has 0 heterocycles. The molecule has 0 radical (unpaired) electrons. The number of anilines is 1. The molecule has 7 heteroatoms. The van der Waals surface area contributed by atoms with Crippen molar-refractivity contribution < 1.29 is 18.3 Å². The van der Waals surface area contributed by atoms with Gasteiger partial charge in [0.25, 0.3) is 11.7 Å². The summed E-state index contributed by atoms with van der Waals surface area (Å²) in [7, 11) is 0. The second-order valence-electron chi connectivity index (χ2n) is 4.14. The van der Waals surface area contributed by atoms with Crippen LogP contribution in [-0.4, -0.2) is 18.3 Å². The Morgan fingerprint density at radius 2 is 1.91 bits per heavy atom. The first-order valence-corrected chi connectivity index (χ1v) is 7.53. The van der Waals surface area contributed by atoms with Gasteiger partial charge in [-0.05, 0) is 24.3 Å². The Labute approximate surface area is 135 Å². The average Bonchev–Trinajstić information content (AvgIpc) is 2.49. The molecule has 2 aromatic rings. The van der Waals surface area contributed by atoms with Crippen LogP contribution in [-0.2, 0) is 4.79 Å². The van der Waals surface area contributed by atoms with Gasteiger partial charge in [0.05, 0.1) is 15.6 Å². The lowest BCUT2D eigenvalue weighted by atomic mass is 10.3. The molecule has 0 unspecified atom stereocenters. The fourth-order valence-corrected chi connectivity index (χ4v) is 2.58. The Morgan fingerprint density at radius 3 is 2.59 bits per heavy atom. The SMILES string of the molecule is O=C(COc1ccccc1)Nc1cccc(Cl)c1SC(F)F. The van der Waals surface area contributed by atoms with E-state index in [9.17, 15) is 13.6 Å². The summed E-state index contributed by atoms with van der Waals surface area (Å²) in [6.45, 7) is -0.227. The van der Waals surface area contributed by atoms with Crippen molar-refractivity contribution in [2.75, 3.05) is 11.9 Å². The second-order valence-corrected chi connectivity index (χ2v) is 5.55. The zero-order valence-electron chi connectivity index (χ0n) is 11.3. The maximum absolute atomic E-state index is 12.6. The summed E-state index contributed by atoms with van der Waals surface area (Å²) in [5.41, 5.74) is 0.236. The van der Waals surface area contributed by atoms with Gasteiger partial charge < -0.3 is 10.1 Å². The van der Waals surface area contributed by atoms with Crippen molar-refractivity contribution in [3.05, 3.63) is 53.6 Å². The Morgan fingerprint density at radius 1 is 1.18 bits per heavy atom. The number of nitrogens with one attached hydrogen (secondary N) is 1. The Bertz CT molecular complexity index is 641. The van der Waals surface area contributed by atoms with E-state index in [4.69, 9.17) is 16.3 Å². The molecule has 0 saturated heterocycles. The minimum absolute atomic E-state index is 0.132. The van der Waals surface area contributed by atoms with Crippen molar-refractivity contribution >= 4 is 35.0 Å². The van der Waals surface area contributed by atoms with Gasteiger partial charge in [0.15, 0.2) is 6.61 Å². The van der Waals surface area contributed by atoms with Gasteiger partial charge in [0.1, 0.15) is 5.75 Å². The largest absolute Gasteiger partial charge is 0.484 e. The molecule has 0 aliphatic carbocycles. The summed E-state index contributed by atoms with van der Waals surface area (Å²) < 4.78 is 30.4. The highest BCUT2D eigenvalue weighted by atomic mass is 35.5. The Balaban J connectivity index is 2.00. The molecule has 1 amide bonds. The Hall–Kier alpha value is -1.79. The van der Waals surface area contributed by atoms with Crippen LogP contribution in [0.1, 0.15) is 0 Å². The number of alkyl halides is 2. The number of para-hydroxylation sites is 1. The minimum atomic E-state index is -2.63. The number of hydrogen-bond acceptors (Lipinski definition) is 3. The van der Waals surface area contributed by atoms with E-state index in [1.54, 1.807) is 30.3 Å². The predicted molar refractivity (Wildman–Crippen MR) is 83.9 cm³/mol. The number of carbonyl (C=O) groups is 1. The first kappa shape index (κ1) is 16.6. The van der Waals surface area contributed by atoms with E-state index >= 15 is 0 Å². The van der Waals surface area contributed by atoms with Crippen LogP contribution in [0.4, 0.5) is 14.5 Å². The summed E-state index contributed by atoms with van der Waals surface area (Å²) >= 11 is 6.18. The zero-order valence-corrected chi connectivity index (χ0v) is 12.8. The number of amides is 1. The van der Waals surface area contributed by atoms with Crippen molar-refractivity contribution in [1.82, 2.24) is 0 Å². The number of halogens is 3. The fourth-order valence-electron chi connectivity index (χ4n) is 1.67. The summed E-state index contributed by atoms with van der Waals surface area (Å²) in [5.74, 6) is -2.54. The molecule has 0 atom stereocenters. The third-order valence-corrected chi connectivity index (χ3v) is 3.84. The first-order valence-electron chi connectivity index (χ1n) is 6.27. The molecular formula is C15H12ClF2NO2S. The van der Waals surface area contributed by atoms with Crippen molar-refractivity contribution in [2.24, 2.45) is 0 Å². The highest BCUT2D eigenvalue weighted by Crippen LogP contribution is 2.37. The van der Waals surface area contributed by atoms with E-state index in [1.165, 1.54) is 12.1 Å². The third kappa shape index (κ3) is 4.89. The Kier molecular flexibility index (Phi) is 6.03. The molecular weight excluding hydrogens is 332 g/mol. The van der Waals surface area contributed by atoms with E-state index in [0.29, 0.717) is 5.75 Å². The minimum Gasteiger partial charge on any atom is -0.484 e. The molecule has 116 valence electrons. The van der Waals surface area contributed by atoms with Gasteiger partial charge >= 0.3 is 0 Å². The van der Waals surface area contributed by atoms with Gasteiger partial charge in [-0.3, -0.25) is 4.79 Å². The summed E-state index contributed by atoms with van der Waals surface area (Å²) in [6.07, 6.45) is 0. The van der Waals surface area contributed by atoms with E-state index in [-0.39, 0.29) is 34.0 Å². The van der Waals surface area contributed by atoms with Crippen LogP contribution in [0.3, 0.4) is 0 Å². The molecule has 0 bridgehead atoms. The molecule has 3 nitrogen and oxygen atoms in total. The van der Waals surface area contributed by atoms with Crippen molar-refractivity contribution in [3.63, 3.8) is 0 Å². The standard InChI is InChI=1S/C15H12ClF2NO2S/c16-11-7-4-8-12(14(11)22-15(17)18)19-13(20)9-21-10-5-2-1-3-6-10/h1-8,15H,9H2,(H,19,20). The number of ether oxygens (including phenoxy) is 1. The van der Waals surface area contributed by atoms with E-state index in [0.717, 1.165) is 0 Å². The normalized spacial score (nSPS) is 10.5. The molecule has 0 saturated carbocycles. The number of thioether (sulfide) groups is 1. The lowest BCUT2D eigenvalue weighted by molar-refractivity contribution is -0.118. The number of benzene rings is 2. The third-order valence-electron chi connectivity index (χ3n) is 2.56. The van der Waals surface area contributed by atoms with Gasteiger partial charge in [-0.2, -0.15) is 8.78 Å². The quantitative estimate of drug-likeness (QED) is 0.774. The maximum Gasteiger partial charge on any atom is 0.289 e. The molecule has 0 aromatic heterocycles. The molecule has 0 spiro atoms. The number of rotatable bonds is 6. The van der Waals surface area contributed by atoms with Crippen molar-refractivity contribution in [3.8, 4) is 5.75 Å². The van der Waals surface area contributed by atoms with Gasteiger partial charge in [-0.25, -0.2) is 0 Å². The molecule has 22 heavy (non-hydrogen) atoms. The van der Waals surface area contributed by atoms with Crippen LogP contribution in [0.15, 0.2) is 53.4 Å². The predicted octanol–water partition coefficient (Wildman–Crippen LogP) is 4.67. The van der Waals surface area contributed by atoms with Gasteiger partial charge in [0, 0.05) is 0 Å². The average molecular weight is 344 g/mol. The first-order chi connectivity index (χ1) is 10.6. The van der Waals surface area contributed by atoms with Crippen LogP contribution < -0.4 is 10.1 Å². The highest BCUT2D eigenvalue weighted by Gasteiger charge is 2.15. The summed E-state index contributed by atoms with van der Waals surface area (Å²) in [4.78, 5) is 12.0. The number of hydrogen-bond donors (Lipinski definition) is 1. The van der Waals surface area contributed by atoms with E-state index in [2.05, 4.69) is 5.32 Å². The smallest absolute Gasteiger partial charge is 0.289 e. The summed E-state index contributed by atoms with van der Waals surface area (Å²) in [6, 6.07) is 13.4. The molecule has 2 rings (SSSR count). The zero-order chi connectivity index (χ0) is 15.9. The van der Waals surface area contributed by atoms with E-state index in [1.807, 2.05) is 6.07 Å². The molecule has 0 fully saturated rings. The molecule has 0 aliphatic heterocycles. The van der Waals surface area contributed by atoms with Crippen molar-refractivity contribution in [1.29, 1.82) is 0 Å². The lowest BCUT2D eigenvalue weighted by Crippen LogP contribution is -2.20. The van der Waals surface area contributed by atoms with Crippen molar-refractivity contribution in [2.45, 2.75) is 10.7 Å². The van der Waals surface area contributed by atoms with Crippen LogP contribution in [0.5, 0.6) is 5.75 Å². The van der Waals surface area contributed by atoms with Crippen LogP contribution in [0.2, 0.25) is 5.02 Å². The monoisotopic (exact) mass is 343 g/mol.